The third kappa shape index (κ3) is 3.57. The van der Waals surface area contributed by atoms with Gasteiger partial charge in [-0.05, 0) is 19.9 Å². The number of hydrogen-bond donors (Lipinski definition) is 0. The highest BCUT2D eigenvalue weighted by Gasteiger charge is 2.07. The number of hydrogen-bond acceptors (Lipinski definition) is 1. The highest BCUT2D eigenvalue weighted by molar-refractivity contribution is 9.09. The molecule has 0 spiro atoms. The second-order valence-electron chi connectivity index (χ2n) is 2.57. The van der Waals surface area contributed by atoms with Gasteiger partial charge in [0.15, 0.2) is 0 Å². The first-order valence-electron chi connectivity index (χ1n) is 4.06. The van der Waals surface area contributed by atoms with E-state index in [0.29, 0.717) is 0 Å². The molecule has 1 atom stereocenters. The molecule has 0 saturated carbocycles. The quantitative estimate of drug-likeness (QED) is 0.627. The second-order valence-corrected chi connectivity index (χ2v) is 3.37. The summed E-state index contributed by atoms with van der Waals surface area (Å²) >= 11 is 3.45. The minimum Gasteiger partial charge on any atom is -0.300 e. The molecule has 0 amide bonds. The van der Waals surface area contributed by atoms with E-state index in [2.05, 4.69) is 41.6 Å². The lowest BCUT2D eigenvalue weighted by atomic mass is 10.2. The minimum absolute atomic E-state index is 0.738. The molecule has 0 aromatic heterocycles. The Morgan fingerprint density at radius 3 is 2.30 bits per heavy atom. The minimum atomic E-state index is 0.738. The summed E-state index contributed by atoms with van der Waals surface area (Å²) in [6, 6.07) is 0.738. The van der Waals surface area contributed by atoms with Gasteiger partial charge in [-0.1, -0.05) is 29.8 Å². The van der Waals surface area contributed by atoms with Crippen LogP contribution < -0.4 is 0 Å². The zero-order valence-corrected chi connectivity index (χ0v) is 8.82. The number of rotatable bonds is 5. The van der Waals surface area contributed by atoms with E-state index in [1.807, 2.05) is 0 Å². The molecule has 0 aliphatic heterocycles. The van der Waals surface area contributed by atoms with E-state index >= 15 is 0 Å². The molecule has 0 radical (unpaired) electrons. The molecule has 1 unspecified atom stereocenters. The van der Waals surface area contributed by atoms with Crippen LogP contribution in [0.1, 0.15) is 27.2 Å². The highest BCUT2D eigenvalue weighted by atomic mass is 79.9. The summed E-state index contributed by atoms with van der Waals surface area (Å²) in [5.41, 5.74) is 0. The maximum atomic E-state index is 3.45. The van der Waals surface area contributed by atoms with Crippen molar-refractivity contribution in [2.75, 3.05) is 18.4 Å². The van der Waals surface area contributed by atoms with Gasteiger partial charge in [0.05, 0.1) is 0 Å². The van der Waals surface area contributed by atoms with Gasteiger partial charge in [-0.15, -0.1) is 0 Å². The SMILES string of the molecule is CCC(C)N(CC)CCBr. The molecule has 0 aliphatic carbocycles. The maximum Gasteiger partial charge on any atom is 0.0159 e. The summed E-state index contributed by atoms with van der Waals surface area (Å²) in [7, 11) is 0. The Bertz CT molecular complexity index is 75.7. The van der Waals surface area contributed by atoms with Gasteiger partial charge in [0, 0.05) is 17.9 Å². The van der Waals surface area contributed by atoms with Crippen LogP contribution >= 0.6 is 15.9 Å². The topological polar surface area (TPSA) is 3.24 Å². The van der Waals surface area contributed by atoms with Crippen molar-refractivity contribution >= 4 is 15.9 Å². The van der Waals surface area contributed by atoms with Crippen molar-refractivity contribution < 1.29 is 0 Å². The first-order valence-corrected chi connectivity index (χ1v) is 5.18. The van der Waals surface area contributed by atoms with Crippen LogP contribution in [-0.4, -0.2) is 29.4 Å². The highest BCUT2D eigenvalue weighted by Crippen LogP contribution is 2.02. The largest absolute Gasteiger partial charge is 0.300 e. The van der Waals surface area contributed by atoms with E-state index in [-0.39, 0.29) is 0 Å². The average Bonchev–Trinajstić information content (AvgIpc) is 1.99. The van der Waals surface area contributed by atoms with Crippen molar-refractivity contribution in [2.45, 2.75) is 33.2 Å². The molecule has 0 bridgehead atoms. The summed E-state index contributed by atoms with van der Waals surface area (Å²) in [5, 5.41) is 1.09. The van der Waals surface area contributed by atoms with Crippen LogP contribution in [0.15, 0.2) is 0 Å². The van der Waals surface area contributed by atoms with Crippen LogP contribution in [0, 0.1) is 0 Å². The molecule has 0 aromatic carbocycles. The molecule has 10 heavy (non-hydrogen) atoms. The molecular formula is C8H18BrN. The van der Waals surface area contributed by atoms with E-state index < -0.39 is 0 Å². The predicted octanol–water partition coefficient (Wildman–Crippen LogP) is 2.50. The van der Waals surface area contributed by atoms with E-state index in [0.717, 1.165) is 11.4 Å². The van der Waals surface area contributed by atoms with Crippen molar-refractivity contribution in [1.82, 2.24) is 4.90 Å². The van der Waals surface area contributed by atoms with Gasteiger partial charge in [0.1, 0.15) is 0 Å². The van der Waals surface area contributed by atoms with Crippen molar-refractivity contribution in [2.24, 2.45) is 0 Å². The van der Waals surface area contributed by atoms with Crippen LogP contribution in [0.2, 0.25) is 0 Å². The molecule has 0 N–H and O–H groups in total. The van der Waals surface area contributed by atoms with Gasteiger partial charge in [-0.3, -0.25) is 0 Å². The van der Waals surface area contributed by atoms with Gasteiger partial charge >= 0.3 is 0 Å². The fraction of sp³-hybridized carbons (Fsp3) is 1.00. The Balaban J connectivity index is 3.56. The third-order valence-electron chi connectivity index (χ3n) is 1.99. The lowest BCUT2D eigenvalue weighted by Gasteiger charge is -2.25. The molecule has 0 heterocycles. The number of halogens is 1. The molecular weight excluding hydrogens is 190 g/mol. The molecule has 0 rings (SSSR count). The van der Waals surface area contributed by atoms with Crippen molar-refractivity contribution in [1.29, 1.82) is 0 Å². The normalized spacial score (nSPS) is 14.1. The van der Waals surface area contributed by atoms with Gasteiger partial charge in [-0.25, -0.2) is 0 Å². The Labute approximate surface area is 72.9 Å². The summed E-state index contributed by atoms with van der Waals surface area (Å²) < 4.78 is 0. The third-order valence-corrected chi connectivity index (χ3v) is 2.35. The summed E-state index contributed by atoms with van der Waals surface area (Å²) in [5.74, 6) is 0. The van der Waals surface area contributed by atoms with Gasteiger partial charge < -0.3 is 4.90 Å². The predicted molar refractivity (Wildman–Crippen MR) is 50.8 cm³/mol. The van der Waals surface area contributed by atoms with Crippen LogP contribution in [0.4, 0.5) is 0 Å². The van der Waals surface area contributed by atoms with E-state index in [1.165, 1.54) is 19.5 Å². The van der Waals surface area contributed by atoms with E-state index in [9.17, 15) is 0 Å². The van der Waals surface area contributed by atoms with Gasteiger partial charge in [0.2, 0.25) is 0 Å². The van der Waals surface area contributed by atoms with Crippen molar-refractivity contribution in [3.05, 3.63) is 0 Å². The van der Waals surface area contributed by atoms with E-state index in [1.54, 1.807) is 0 Å². The van der Waals surface area contributed by atoms with Crippen molar-refractivity contribution in [3.8, 4) is 0 Å². The molecule has 2 heteroatoms. The zero-order valence-electron chi connectivity index (χ0n) is 7.23. The van der Waals surface area contributed by atoms with Crippen LogP contribution in [0.25, 0.3) is 0 Å². The summed E-state index contributed by atoms with van der Waals surface area (Å²) in [4.78, 5) is 2.48. The maximum absolute atomic E-state index is 3.45. The average molecular weight is 208 g/mol. The zero-order chi connectivity index (χ0) is 7.98. The Hall–Kier alpha value is 0.440. The van der Waals surface area contributed by atoms with Crippen molar-refractivity contribution in [3.63, 3.8) is 0 Å². The molecule has 62 valence electrons. The molecule has 0 aliphatic rings. The Morgan fingerprint density at radius 1 is 1.40 bits per heavy atom. The Morgan fingerprint density at radius 2 is 2.00 bits per heavy atom. The Kier molecular flexibility index (Phi) is 6.44. The van der Waals surface area contributed by atoms with E-state index in [4.69, 9.17) is 0 Å². The van der Waals surface area contributed by atoms with Gasteiger partial charge in [0.25, 0.3) is 0 Å². The standard InChI is InChI=1S/C8H18BrN/c1-4-8(3)10(5-2)7-6-9/h8H,4-7H2,1-3H3. The second kappa shape index (κ2) is 6.17. The monoisotopic (exact) mass is 207 g/mol. The van der Waals surface area contributed by atoms with Gasteiger partial charge in [-0.2, -0.15) is 0 Å². The smallest absolute Gasteiger partial charge is 0.0159 e. The lowest BCUT2D eigenvalue weighted by molar-refractivity contribution is 0.229. The fourth-order valence-electron chi connectivity index (χ4n) is 1.06. The number of nitrogens with zero attached hydrogens (tertiary/aromatic N) is 1. The first kappa shape index (κ1) is 10.4. The van der Waals surface area contributed by atoms with Crippen LogP contribution in [0.3, 0.4) is 0 Å². The lowest BCUT2D eigenvalue weighted by Crippen LogP contribution is -2.33. The number of alkyl halides is 1. The molecule has 0 aromatic rings. The first-order chi connectivity index (χ1) is 4.76. The molecule has 1 nitrogen and oxygen atoms in total. The molecule has 0 saturated heterocycles. The van der Waals surface area contributed by atoms with Crippen LogP contribution in [0.5, 0.6) is 0 Å². The van der Waals surface area contributed by atoms with Crippen LogP contribution in [-0.2, 0) is 0 Å². The summed E-state index contributed by atoms with van der Waals surface area (Å²) in [6.45, 7) is 9.08. The fourth-order valence-corrected chi connectivity index (χ4v) is 1.51. The summed E-state index contributed by atoms with van der Waals surface area (Å²) in [6.07, 6.45) is 1.25. The molecule has 0 fully saturated rings.